The van der Waals surface area contributed by atoms with E-state index < -0.39 is 0 Å². The predicted molar refractivity (Wildman–Crippen MR) is 119 cm³/mol. The van der Waals surface area contributed by atoms with Gasteiger partial charge in [-0.25, -0.2) is 4.98 Å². The van der Waals surface area contributed by atoms with Crippen molar-refractivity contribution in [3.05, 3.63) is 54.4 Å². The van der Waals surface area contributed by atoms with Crippen molar-refractivity contribution in [2.45, 2.75) is 30.7 Å². The molecule has 4 rings (SSSR count). The third-order valence-corrected chi connectivity index (χ3v) is 7.00. The van der Waals surface area contributed by atoms with E-state index in [0.29, 0.717) is 6.42 Å². The van der Waals surface area contributed by atoms with Crippen LogP contribution in [0, 0.1) is 6.92 Å². The molecule has 2 aromatic carbocycles. The van der Waals surface area contributed by atoms with Gasteiger partial charge in [0.15, 0.2) is 5.16 Å². The number of amides is 1. The Morgan fingerprint density at radius 1 is 1.24 bits per heavy atom. The Labute approximate surface area is 177 Å². The third-order valence-electron chi connectivity index (χ3n) is 4.52. The normalized spacial score (nSPS) is 12.2. The summed E-state index contributed by atoms with van der Waals surface area (Å²) in [5.41, 5.74) is 4.06. The van der Waals surface area contributed by atoms with Crippen LogP contribution in [-0.2, 0) is 11.8 Å². The Morgan fingerprint density at radius 3 is 2.72 bits per heavy atom. The number of nitrogens with one attached hydrogen (secondary N) is 1. The highest BCUT2D eigenvalue weighted by Gasteiger charge is 2.20. The van der Waals surface area contributed by atoms with Crippen molar-refractivity contribution in [1.29, 1.82) is 0 Å². The highest BCUT2D eigenvalue weighted by molar-refractivity contribution is 8.00. The average molecular weight is 424 g/mol. The third kappa shape index (κ3) is 4.33. The fraction of sp³-hybridized carbons (Fsp3) is 0.238. The molecule has 0 aliphatic heterocycles. The van der Waals surface area contributed by atoms with E-state index in [9.17, 15) is 4.79 Å². The average Bonchev–Trinajstić information content (AvgIpc) is 3.32. The molecule has 8 heteroatoms. The fourth-order valence-electron chi connectivity index (χ4n) is 2.90. The minimum absolute atomic E-state index is 0.0382. The van der Waals surface area contributed by atoms with Crippen molar-refractivity contribution in [2.24, 2.45) is 7.05 Å². The van der Waals surface area contributed by atoms with Crippen LogP contribution >= 0.6 is 23.1 Å². The Bertz CT molecular complexity index is 1150. The molecule has 29 heavy (non-hydrogen) atoms. The van der Waals surface area contributed by atoms with Crippen LogP contribution in [0.25, 0.3) is 20.8 Å². The second-order valence-corrected chi connectivity index (χ2v) is 9.00. The van der Waals surface area contributed by atoms with Gasteiger partial charge >= 0.3 is 0 Å². The second kappa shape index (κ2) is 8.34. The van der Waals surface area contributed by atoms with Gasteiger partial charge in [-0.2, -0.15) is 0 Å². The van der Waals surface area contributed by atoms with Gasteiger partial charge in [0, 0.05) is 18.3 Å². The SMILES string of the molecule is CCC(Sc1nncn1C)C(=O)Nc1ccc(-c2nc3ccc(C)cc3s2)cc1. The van der Waals surface area contributed by atoms with E-state index in [2.05, 4.69) is 40.6 Å². The number of hydrogen-bond acceptors (Lipinski definition) is 6. The lowest BCUT2D eigenvalue weighted by molar-refractivity contribution is -0.115. The molecule has 6 nitrogen and oxygen atoms in total. The molecule has 148 valence electrons. The van der Waals surface area contributed by atoms with Gasteiger partial charge in [0.2, 0.25) is 5.91 Å². The van der Waals surface area contributed by atoms with E-state index in [1.807, 2.05) is 42.8 Å². The lowest BCUT2D eigenvalue weighted by Gasteiger charge is -2.14. The van der Waals surface area contributed by atoms with Crippen molar-refractivity contribution in [1.82, 2.24) is 19.7 Å². The van der Waals surface area contributed by atoms with E-state index in [4.69, 9.17) is 4.98 Å². The van der Waals surface area contributed by atoms with Crippen LogP contribution in [0.2, 0.25) is 0 Å². The van der Waals surface area contributed by atoms with E-state index in [0.717, 1.165) is 26.9 Å². The van der Waals surface area contributed by atoms with Gasteiger partial charge in [-0.3, -0.25) is 4.79 Å². The second-order valence-electron chi connectivity index (χ2n) is 6.80. The van der Waals surface area contributed by atoms with Gasteiger partial charge in [-0.1, -0.05) is 24.8 Å². The molecule has 0 spiro atoms. The fourth-order valence-corrected chi connectivity index (χ4v) is 4.87. The van der Waals surface area contributed by atoms with Gasteiger partial charge in [0.05, 0.1) is 15.5 Å². The molecule has 0 fully saturated rings. The number of rotatable bonds is 6. The molecule has 1 N–H and O–H groups in total. The summed E-state index contributed by atoms with van der Waals surface area (Å²) in [6.07, 6.45) is 2.33. The zero-order chi connectivity index (χ0) is 20.4. The molecular formula is C21H21N5OS2. The number of carbonyl (C=O) groups excluding carboxylic acids is 1. The molecule has 0 radical (unpaired) electrons. The van der Waals surface area contributed by atoms with E-state index in [1.165, 1.54) is 22.0 Å². The number of anilines is 1. The largest absolute Gasteiger partial charge is 0.325 e. The summed E-state index contributed by atoms with van der Waals surface area (Å²) in [5, 5.41) is 12.4. The zero-order valence-electron chi connectivity index (χ0n) is 16.4. The van der Waals surface area contributed by atoms with Gasteiger partial charge in [-0.05, 0) is 55.3 Å². The first-order chi connectivity index (χ1) is 14.0. The first kappa shape index (κ1) is 19.6. The molecule has 2 aromatic heterocycles. The molecule has 1 amide bonds. The maximum atomic E-state index is 12.7. The molecule has 0 saturated carbocycles. The number of thioether (sulfide) groups is 1. The molecule has 0 saturated heterocycles. The number of aromatic nitrogens is 4. The van der Waals surface area contributed by atoms with E-state index >= 15 is 0 Å². The summed E-state index contributed by atoms with van der Waals surface area (Å²) in [6.45, 7) is 4.08. The van der Waals surface area contributed by atoms with E-state index in [1.54, 1.807) is 17.7 Å². The number of nitrogens with zero attached hydrogens (tertiary/aromatic N) is 4. The molecule has 4 aromatic rings. The zero-order valence-corrected chi connectivity index (χ0v) is 18.0. The highest BCUT2D eigenvalue weighted by Crippen LogP contribution is 2.31. The quantitative estimate of drug-likeness (QED) is 0.446. The maximum Gasteiger partial charge on any atom is 0.237 e. The lowest BCUT2D eigenvalue weighted by atomic mass is 10.2. The van der Waals surface area contributed by atoms with Crippen molar-refractivity contribution in [3.8, 4) is 10.6 Å². The molecule has 1 unspecified atom stereocenters. The number of carbonyl (C=O) groups is 1. The summed E-state index contributed by atoms with van der Waals surface area (Å²) in [5.74, 6) is -0.0382. The number of aryl methyl sites for hydroxylation is 2. The summed E-state index contributed by atoms with van der Waals surface area (Å²) in [6, 6.07) is 14.1. The maximum absolute atomic E-state index is 12.7. The van der Waals surface area contributed by atoms with Crippen LogP contribution in [0.5, 0.6) is 0 Å². The standard InChI is InChI=1S/C21H21N5OS2/c1-4-17(29-21-25-22-12-26(21)3)19(27)23-15-8-6-14(7-9-15)20-24-16-10-5-13(2)11-18(16)28-20/h5-12,17H,4H2,1-3H3,(H,23,27). The first-order valence-electron chi connectivity index (χ1n) is 9.32. The van der Waals surface area contributed by atoms with Crippen molar-refractivity contribution >= 4 is 44.9 Å². The topological polar surface area (TPSA) is 72.7 Å². The molecule has 2 heterocycles. The molecule has 0 bridgehead atoms. The molecule has 0 aliphatic carbocycles. The number of thiazole rings is 1. The monoisotopic (exact) mass is 423 g/mol. The highest BCUT2D eigenvalue weighted by atomic mass is 32.2. The minimum Gasteiger partial charge on any atom is -0.325 e. The van der Waals surface area contributed by atoms with Crippen molar-refractivity contribution in [2.75, 3.05) is 5.32 Å². The van der Waals surface area contributed by atoms with Crippen LogP contribution in [0.4, 0.5) is 5.69 Å². The predicted octanol–water partition coefficient (Wildman–Crippen LogP) is 4.91. The van der Waals surface area contributed by atoms with Gasteiger partial charge in [0.25, 0.3) is 0 Å². The Morgan fingerprint density at radius 2 is 2.03 bits per heavy atom. The van der Waals surface area contributed by atoms with Crippen molar-refractivity contribution < 1.29 is 4.79 Å². The summed E-state index contributed by atoms with van der Waals surface area (Å²) >= 11 is 3.10. The van der Waals surface area contributed by atoms with Gasteiger partial charge in [0.1, 0.15) is 11.3 Å². The molecular weight excluding hydrogens is 402 g/mol. The Kier molecular flexibility index (Phi) is 5.64. The van der Waals surface area contributed by atoms with E-state index in [-0.39, 0.29) is 11.2 Å². The number of hydrogen-bond donors (Lipinski definition) is 1. The Hall–Kier alpha value is -2.71. The van der Waals surface area contributed by atoms with Crippen LogP contribution in [-0.4, -0.2) is 30.9 Å². The summed E-state index contributed by atoms with van der Waals surface area (Å²) in [7, 11) is 1.87. The van der Waals surface area contributed by atoms with Crippen LogP contribution in [0.15, 0.2) is 53.9 Å². The van der Waals surface area contributed by atoms with Crippen LogP contribution in [0.3, 0.4) is 0 Å². The van der Waals surface area contributed by atoms with Crippen LogP contribution in [0.1, 0.15) is 18.9 Å². The van der Waals surface area contributed by atoms with Crippen LogP contribution < -0.4 is 5.32 Å². The van der Waals surface area contributed by atoms with Crippen molar-refractivity contribution in [3.63, 3.8) is 0 Å². The number of fused-ring (bicyclic) bond motifs is 1. The molecule has 0 aliphatic rings. The Balaban J connectivity index is 1.46. The first-order valence-corrected chi connectivity index (χ1v) is 11.0. The lowest BCUT2D eigenvalue weighted by Crippen LogP contribution is -2.24. The minimum atomic E-state index is -0.231. The van der Waals surface area contributed by atoms with Gasteiger partial charge < -0.3 is 9.88 Å². The summed E-state index contributed by atoms with van der Waals surface area (Å²) in [4.78, 5) is 17.4. The van der Waals surface area contributed by atoms with Gasteiger partial charge in [-0.15, -0.1) is 21.5 Å². The smallest absolute Gasteiger partial charge is 0.237 e. The summed E-state index contributed by atoms with van der Waals surface area (Å²) < 4.78 is 3.00. The molecule has 1 atom stereocenters. The number of benzene rings is 2.